The van der Waals surface area contributed by atoms with Gasteiger partial charge in [0.05, 0.1) is 29.8 Å². The van der Waals surface area contributed by atoms with E-state index in [0.717, 1.165) is 30.5 Å². The Bertz CT molecular complexity index is 868. The minimum atomic E-state index is -0.0724. The third-order valence-electron chi connectivity index (χ3n) is 4.91. The number of aryl methyl sites for hydroxylation is 1. The first-order valence-corrected chi connectivity index (χ1v) is 8.61. The Kier molecular flexibility index (Phi) is 4.09. The quantitative estimate of drug-likeness (QED) is 0.797. The van der Waals surface area contributed by atoms with Crippen molar-refractivity contribution in [3.63, 3.8) is 0 Å². The number of rotatable bonds is 4. The molecule has 1 aliphatic rings. The normalized spacial score (nSPS) is 19.9. The molecule has 3 aromatic rings. The van der Waals surface area contributed by atoms with Gasteiger partial charge in [-0.3, -0.25) is 4.79 Å². The molecular formula is C19H21N5O. The van der Waals surface area contributed by atoms with Gasteiger partial charge in [-0.1, -0.05) is 18.2 Å². The van der Waals surface area contributed by atoms with Gasteiger partial charge in [-0.25, -0.2) is 9.67 Å². The van der Waals surface area contributed by atoms with Crippen LogP contribution in [0.3, 0.4) is 0 Å². The summed E-state index contributed by atoms with van der Waals surface area (Å²) in [6.45, 7) is 2.03. The van der Waals surface area contributed by atoms with Gasteiger partial charge in [0, 0.05) is 24.6 Å². The van der Waals surface area contributed by atoms with Gasteiger partial charge in [0.2, 0.25) is 0 Å². The molecule has 0 spiro atoms. The molecule has 1 N–H and O–H groups in total. The van der Waals surface area contributed by atoms with Gasteiger partial charge in [-0.15, -0.1) is 0 Å². The van der Waals surface area contributed by atoms with Gasteiger partial charge in [-0.2, -0.15) is 5.10 Å². The lowest BCUT2D eigenvalue weighted by molar-refractivity contribution is 0.0929. The molecule has 1 amide bonds. The predicted molar refractivity (Wildman–Crippen MR) is 94.7 cm³/mol. The van der Waals surface area contributed by atoms with Crippen LogP contribution >= 0.6 is 0 Å². The number of hydrogen-bond acceptors (Lipinski definition) is 3. The van der Waals surface area contributed by atoms with E-state index in [4.69, 9.17) is 0 Å². The average Bonchev–Trinajstić information content (AvgIpc) is 3.36. The molecule has 0 bridgehead atoms. The fourth-order valence-electron chi connectivity index (χ4n) is 3.58. The molecule has 128 valence electrons. The molecule has 1 aromatic carbocycles. The molecule has 2 aromatic heterocycles. The molecular weight excluding hydrogens is 314 g/mol. The van der Waals surface area contributed by atoms with Crippen molar-refractivity contribution in [2.24, 2.45) is 0 Å². The number of nitrogens with zero attached hydrogens (tertiary/aromatic N) is 4. The lowest BCUT2D eigenvalue weighted by Gasteiger charge is -2.21. The molecule has 2 atom stereocenters. The van der Waals surface area contributed by atoms with Crippen LogP contribution in [0.25, 0.3) is 5.69 Å². The smallest absolute Gasteiger partial charge is 0.254 e. The van der Waals surface area contributed by atoms with Gasteiger partial charge < -0.3 is 9.88 Å². The molecule has 2 heterocycles. The molecule has 1 aliphatic carbocycles. The summed E-state index contributed by atoms with van der Waals surface area (Å²) in [5.41, 5.74) is 2.69. The van der Waals surface area contributed by atoms with E-state index in [-0.39, 0.29) is 18.0 Å². The van der Waals surface area contributed by atoms with E-state index in [1.54, 1.807) is 23.3 Å². The summed E-state index contributed by atoms with van der Waals surface area (Å²) in [4.78, 5) is 16.8. The lowest BCUT2D eigenvalue weighted by atomic mass is 10.1. The third-order valence-corrected chi connectivity index (χ3v) is 4.91. The summed E-state index contributed by atoms with van der Waals surface area (Å²) in [7, 11) is 0. The second-order valence-electron chi connectivity index (χ2n) is 6.55. The highest BCUT2D eigenvalue weighted by Gasteiger charge is 2.30. The Morgan fingerprint density at radius 3 is 2.96 bits per heavy atom. The molecule has 0 saturated heterocycles. The standard InChI is InChI=1S/C19H21N5O/c1-14-5-2-3-7-17(14)24-12-15(11-21-24)19(25)22-16-6-4-8-18(16)23-10-9-20-13-23/h2-3,5,7,9-13,16,18H,4,6,8H2,1H3,(H,22,25). The molecule has 6 heteroatoms. The summed E-state index contributed by atoms with van der Waals surface area (Å²) >= 11 is 0. The van der Waals surface area contributed by atoms with E-state index in [0.29, 0.717) is 5.56 Å². The zero-order valence-electron chi connectivity index (χ0n) is 14.2. The van der Waals surface area contributed by atoms with E-state index < -0.39 is 0 Å². The highest BCUT2D eigenvalue weighted by molar-refractivity contribution is 5.94. The first-order valence-electron chi connectivity index (χ1n) is 8.61. The Balaban J connectivity index is 1.49. The van der Waals surface area contributed by atoms with Crippen LogP contribution in [0.15, 0.2) is 55.4 Å². The number of para-hydroxylation sites is 1. The number of carbonyl (C=O) groups is 1. The maximum Gasteiger partial charge on any atom is 0.254 e. The van der Waals surface area contributed by atoms with Gasteiger partial charge >= 0.3 is 0 Å². The van der Waals surface area contributed by atoms with Crippen LogP contribution in [0.4, 0.5) is 0 Å². The molecule has 6 nitrogen and oxygen atoms in total. The molecule has 1 fully saturated rings. The summed E-state index contributed by atoms with van der Waals surface area (Å²) in [5.74, 6) is -0.0724. The van der Waals surface area contributed by atoms with Crippen LogP contribution in [-0.2, 0) is 0 Å². The Morgan fingerprint density at radius 2 is 2.16 bits per heavy atom. The molecule has 1 saturated carbocycles. The Labute approximate surface area is 146 Å². The van der Waals surface area contributed by atoms with E-state index in [2.05, 4.69) is 20.0 Å². The fourth-order valence-corrected chi connectivity index (χ4v) is 3.58. The Hall–Kier alpha value is -2.89. The second kappa shape index (κ2) is 6.55. The Morgan fingerprint density at radius 1 is 1.28 bits per heavy atom. The largest absolute Gasteiger partial charge is 0.347 e. The van der Waals surface area contributed by atoms with E-state index in [1.165, 1.54) is 0 Å². The molecule has 25 heavy (non-hydrogen) atoms. The van der Waals surface area contributed by atoms with E-state index in [1.807, 2.05) is 43.7 Å². The number of benzene rings is 1. The van der Waals surface area contributed by atoms with Crippen molar-refractivity contribution in [1.82, 2.24) is 24.6 Å². The van der Waals surface area contributed by atoms with Crippen LogP contribution in [0, 0.1) is 6.92 Å². The minimum absolute atomic E-state index is 0.0724. The van der Waals surface area contributed by atoms with Crippen molar-refractivity contribution >= 4 is 5.91 Å². The minimum Gasteiger partial charge on any atom is -0.347 e. The van der Waals surface area contributed by atoms with Crippen LogP contribution in [0.1, 0.15) is 41.2 Å². The van der Waals surface area contributed by atoms with Gasteiger partial charge in [0.25, 0.3) is 5.91 Å². The third kappa shape index (κ3) is 3.07. The van der Waals surface area contributed by atoms with Crippen molar-refractivity contribution in [2.45, 2.75) is 38.3 Å². The molecule has 2 unspecified atom stereocenters. The number of nitrogens with one attached hydrogen (secondary N) is 1. The first kappa shape index (κ1) is 15.6. The predicted octanol–water partition coefficient (Wildman–Crippen LogP) is 2.90. The lowest BCUT2D eigenvalue weighted by Crippen LogP contribution is -2.38. The summed E-state index contributed by atoms with van der Waals surface area (Å²) in [6.07, 6.45) is 12.1. The van der Waals surface area contributed by atoms with Crippen LogP contribution in [0.5, 0.6) is 0 Å². The van der Waals surface area contributed by atoms with Crippen molar-refractivity contribution < 1.29 is 4.79 Å². The molecule has 0 radical (unpaired) electrons. The monoisotopic (exact) mass is 335 g/mol. The van der Waals surface area contributed by atoms with Gasteiger partial charge in [0.1, 0.15) is 0 Å². The number of carbonyl (C=O) groups excluding carboxylic acids is 1. The zero-order chi connectivity index (χ0) is 17.2. The highest BCUT2D eigenvalue weighted by atomic mass is 16.1. The van der Waals surface area contributed by atoms with E-state index in [9.17, 15) is 4.79 Å². The average molecular weight is 335 g/mol. The van der Waals surface area contributed by atoms with Gasteiger partial charge in [0.15, 0.2) is 0 Å². The maximum absolute atomic E-state index is 12.7. The molecule has 4 rings (SSSR count). The highest BCUT2D eigenvalue weighted by Crippen LogP contribution is 2.30. The van der Waals surface area contributed by atoms with Crippen molar-refractivity contribution in [2.75, 3.05) is 0 Å². The summed E-state index contributed by atoms with van der Waals surface area (Å²) in [5, 5.41) is 7.52. The first-order chi connectivity index (χ1) is 12.2. The number of amides is 1. The zero-order valence-corrected chi connectivity index (χ0v) is 14.2. The summed E-state index contributed by atoms with van der Waals surface area (Å²) < 4.78 is 3.85. The topological polar surface area (TPSA) is 64.7 Å². The van der Waals surface area contributed by atoms with Gasteiger partial charge in [-0.05, 0) is 37.8 Å². The van der Waals surface area contributed by atoms with Crippen molar-refractivity contribution in [3.05, 3.63) is 66.5 Å². The van der Waals surface area contributed by atoms with Crippen LogP contribution < -0.4 is 5.32 Å². The SMILES string of the molecule is Cc1ccccc1-n1cc(C(=O)NC2CCCC2n2ccnc2)cn1. The van der Waals surface area contributed by atoms with Crippen molar-refractivity contribution in [3.8, 4) is 5.69 Å². The second-order valence-corrected chi connectivity index (χ2v) is 6.55. The fraction of sp³-hybridized carbons (Fsp3) is 0.316. The van der Waals surface area contributed by atoms with E-state index >= 15 is 0 Å². The number of aromatic nitrogens is 4. The van der Waals surface area contributed by atoms with Crippen LogP contribution in [0.2, 0.25) is 0 Å². The van der Waals surface area contributed by atoms with Crippen LogP contribution in [-0.4, -0.2) is 31.3 Å². The number of imidazole rings is 1. The molecule has 0 aliphatic heterocycles. The summed E-state index contributed by atoms with van der Waals surface area (Å²) in [6, 6.07) is 8.40. The number of hydrogen-bond donors (Lipinski definition) is 1. The van der Waals surface area contributed by atoms with Crippen molar-refractivity contribution in [1.29, 1.82) is 0 Å². The maximum atomic E-state index is 12.7.